The Morgan fingerprint density at radius 1 is 1.18 bits per heavy atom. The second kappa shape index (κ2) is 9.45. The number of rotatable bonds is 5. The van der Waals surface area contributed by atoms with Gasteiger partial charge in [0.2, 0.25) is 11.8 Å². The van der Waals surface area contributed by atoms with Crippen molar-refractivity contribution in [3.63, 3.8) is 0 Å². The fraction of sp³-hybridized carbons (Fsp3) is 0.333. The van der Waals surface area contributed by atoms with E-state index in [9.17, 15) is 9.59 Å². The quantitative estimate of drug-likeness (QED) is 0.794. The lowest BCUT2D eigenvalue weighted by atomic mass is 10.2. The summed E-state index contributed by atoms with van der Waals surface area (Å²) in [5.41, 5.74) is 1.53. The molecule has 0 radical (unpaired) electrons. The summed E-state index contributed by atoms with van der Waals surface area (Å²) in [7, 11) is 1.77. The third-order valence-electron chi connectivity index (χ3n) is 4.51. The van der Waals surface area contributed by atoms with Crippen LogP contribution < -0.4 is 10.2 Å². The molecule has 0 aliphatic carbocycles. The van der Waals surface area contributed by atoms with Gasteiger partial charge >= 0.3 is 0 Å². The molecule has 0 bridgehead atoms. The maximum Gasteiger partial charge on any atom is 0.241 e. The maximum atomic E-state index is 12.9. The smallest absolute Gasteiger partial charge is 0.241 e. The van der Waals surface area contributed by atoms with Crippen molar-refractivity contribution in [2.24, 2.45) is 0 Å². The van der Waals surface area contributed by atoms with Crippen molar-refractivity contribution in [3.05, 3.63) is 53.6 Å². The number of hydrogen-bond acceptors (Lipinski definition) is 4. The van der Waals surface area contributed by atoms with E-state index in [1.807, 2.05) is 29.2 Å². The second-order valence-electron chi connectivity index (χ2n) is 6.93. The molecule has 2 aromatic carbocycles. The summed E-state index contributed by atoms with van der Waals surface area (Å²) in [6, 6.07) is 15.1. The van der Waals surface area contributed by atoms with E-state index in [-0.39, 0.29) is 24.9 Å². The third kappa shape index (κ3) is 5.28. The summed E-state index contributed by atoms with van der Waals surface area (Å²) in [4.78, 5) is 29.9. The zero-order valence-electron chi connectivity index (χ0n) is 16.0. The van der Waals surface area contributed by atoms with Crippen molar-refractivity contribution < 1.29 is 9.59 Å². The van der Waals surface area contributed by atoms with E-state index in [0.29, 0.717) is 22.5 Å². The van der Waals surface area contributed by atoms with E-state index in [2.05, 4.69) is 18.3 Å². The molecule has 5 nitrogen and oxygen atoms in total. The molecule has 1 heterocycles. The van der Waals surface area contributed by atoms with Gasteiger partial charge in [-0.25, -0.2) is 0 Å². The number of thioether (sulfide) groups is 1. The molecule has 0 saturated carbocycles. The standard InChI is InChI=1S/C21H24ClN3O2S/c1-15-11-12-25(18-9-5-6-10-19(18)28-15)21(27)14-24(2)13-20(26)23-17-8-4-3-7-16(17)22/h3-10,15H,11-14H2,1-2H3,(H,23,26). The third-order valence-corrected chi connectivity index (χ3v) is 6.08. The summed E-state index contributed by atoms with van der Waals surface area (Å²) in [6.45, 7) is 3.14. The van der Waals surface area contributed by atoms with Crippen LogP contribution in [0.1, 0.15) is 13.3 Å². The number of halogens is 1. The van der Waals surface area contributed by atoms with Crippen LogP contribution in [0.2, 0.25) is 5.02 Å². The number of fused-ring (bicyclic) bond motifs is 1. The number of benzene rings is 2. The topological polar surface area (TPSA) is 52.7 Å². The van der Waals surface area contributed by atoms with Gasteiger partial charge in [-0.2, -0.15) is 0 Å². The average molecular weight is 418 g/mol. The van der Waals surface area contributed by atoms with Crippen LogP contribution >= 0.6 is 23.4 Å². The fourth-order valence-electron chi connectivity index (χ4n) is 3.12. The Morgan fingerprint density at radius 2 is 1.89 bits per heavy atom. The van der Waals surface area contributed by atoms with Crippen molar-refractivity contribution >= 4 is 46.6 Å². The SMILES string of the molecule is CC1CCN(C(=O)CN(C)CC(=O)Nc2ccccc2Cl)c2ccccc2S1. The molecule has 1 unspecified atom stereocenters. The minimum atomic E-state index is -0.205. The van der Waals surface area contributed by atoms with E-state index >= 15 is 0 Å². The summed E-state index contributed by atoms with van der Waals surface area (Å²) in [6.07, 6.45) is 0.932. The lowest BCUT2D eigenvalue weighted by molar-refractivity contribution is -0.121. The molecule has 2 aromatic rings. The van der Waals surface area contributed by atoms with Crippen molar-refractivity contribution in [3.8, 4) is 0 Å². The van der Waals surface area contributed by atoms with Gasteiger partial charge in [-0.05, 0) is 37.7 Å². The first-order valence-electron chi connectivity index (χ1n) is 9.23. The van der Waals surface area contributed by atoms with Gasteiger partial charge in [0.15, 0.2) is 0 Å². The predicted octanol–water partition coefficient (Wildman–Crippen LogP) is 4.13. The van der Waals surface area contributed by atoms with Crippen molar-refractivity contribution in [1.82, 2.24) is 4.90 Å². The van der Waals surface area contributed by atoms with Gasteiger partial charge in [0.25, 0.3) is 0 Å². The van der Waals surface area contributed by atoms with Crippen LogP contribution in [0, 0.1) is 0 Å². The number of para-hydroxylation sites is 2. The molecule has 3 rings (SSSR count). The van der Waals surface area contributed by atoms with E-state index in [4.69, 9.17) is 11.6 Å². The summed E-state index contributed by atoms with van der Waals surface area (Å²) in [5.74, 6) is -0.209. The van der Waals surface area contributed by atoms with Crippen molar-refractivity contribution in [2.45, 2.75) is 23.5 Å². The van der Waals surface area contributed by atoms with E-state index < -0.39 is 0 Å². The minimum Gasteiger partial charge on any atom is -0.324 e. The van der Waals surface area contributed by atoms with Crippen LogP contribution in [0.15, 0.2) is 53.4 Å². The molecule has 28 heavy (non-hydrogen) atoms. The molecular formula is C21H24ClN3O2S. The Balaban J connectivity index is 1.61. The number of carbonyl (C=O) groups is 2. The highest BCUT2D eigenvalue weighted by Crippen LogP contribution is 2.37. The first-order chi connectivity index (χ1) is 13.4. The monoisotopic (exact) mass is 417 g/mol. The molecule has 0 saturated heterocycles. The molecule has 1 atom stereocenters. The van der Waals surface area contributed by atoms with Gasteiger partial charge in [0.1, 0.15) is 0 Å². The van der Waals surface area contributed by atoms with Crippen LogP contribution in [0.5, 0.6) is 0 Å². The molecule has 7 heteroatoms. The summed E-state index contributed by atoms with van der Waals surface area (Å²) < 4.78 is 0. The predicted molar refractivity (Wildman–Crippen MR) is 116 cm³/mol. The van der Waals surface area contributed by atoms with Crippen LogP contribution in [-0.4, -0.2) is 48.6 Å². The van der Waals surface area contributed by atoms with Crippen molar-refractivity contribution in [2.75, 3.05) is 36.9 Å². The summed E-state index contributed by atoms with van der Waals surface area (Å²) in [5, 5.41) is 3.73. The van der Waals surface area contributed by atoms with Gasteiger partial charge in [-0.15, -0.1) is 11.8 Å². The molecule has 0 spiro atoms. The van der Waals surface area contributed by atoms with E-state index in [0.717, 1.165) is 17.0 Å². The number of anilines is 2. The number of carbonyl (C=O) groups excluding carboxylic acids is 2. The fourth-order valence-corrected chi connectivity index (χ4v) is 4.41. The summed E-state index contributed by atoms with van der Waals surface area (Å²) >= 11 is 7.88. The number of amides is 2. The zero-order valence-corrected chi connectivity index (χ0v) is 17.6. The number of nitrogens with zero attached hydrogens (tertiary/aromatic N) is 2. The largest absolute Gasteiger partial charge is 0.324 e. The highest BCUT2D eigenvalue weighted by atomic mass is 35.5. The lowest BCUT2D eigenvalue weighted by Gasteiger charge is -2.25. The number of likely N-dealkylation sites (N-methyl/N-ethyl adjacent to an activating group) is 1. The Kier molecular flexibility index (Phi) is 6.99. The molecule has 148 valence electrons. The zero-order chi connectivity index (χ0) is 20.1. The molecule has 1 aliphatic heterocycles. The molecular weight excluding hydrogens is 394 g/mol. The lowest BCUT2D eigenvalue weighted by Crippen LogP contribution is -2.42. The van der Waals surface area contributed by atoms with E-state index in [1.54, 1.807) is 41.9 Å². The minimum absolute atomic E-state index is 0.00445. The average Bonchev–Trinajstić information content (AvgIpc) is 2.81. The Labute approximate surface area is 175 Å². The van der Waals surface area contributed by atoms with Gasteiger partial charge in [-0.3, -0.25) is 14.5 Å². The molecule has 0 aromatic heterocycles. The highest BCUT2D eigenvalue weighted by molar-refractivity contribution is 8.00. The van der Waals surface area contributed by atoms with Gasteiger partial charge < -0.3 is 10.2 Å². The molecule has 2 amide bonds. The first-order valence-corrected chi connectivity index (χ1v) is 10.5. The Morgan fingerprint density at radius 3 is 2.68 bits per heavy atom. The van der Waals surface area contributed by atoms with E-state index in [1.165, 1.54) is 0 Å². The van der Waals surface area contributed by atoms with Crippen LogP contribution in [0.4, 0.5) is 11.4 Å². The molecule has 0 fully saturated rings. The number of nitrogens with one attached hydrogen (secondary N) is 1. The van der Waals surface area contributed by atoms with Crippen LogP contribution in [0.3, 0.4) is 0 Å². The molecule has 1 aliphatic rings. The Hall–Kier alpha value is -2.02. The maximum absolute atomic E-state index is 12.9. The van der Waals surface area contributed by atoms with Crippen LogP contribution in [-0.2, 0) is 9.59 Å². The highest BCUT2D eigenvalue weighted by Gasteiger charge is 2.25. The second-order valence-corrected chi connectivity index (χ2v) is 8.82. The first kappa shape index (κ1) is 20.7. The van der Waals surface area contributed by atoms with Gasteiger partial charge in [-0.1, -0.05) is 42.8 Å². The Bertz CT molecular complexity index is 861. The number of hydrogen-bond donors (Lipinski definition) is 1. The van der Waals surface area contributed by atoms with Crippen LogP contribution in [0.25, 0.3) is 0 Å². The normalized spacial score (nSPS) is 16.4. The van der Waals surface area contributed by atoms with Gasteiger partial charge in [0.05, 0.1) is 29.5 Å². The van der Waals surface area contributed by atoms with Gasteiger partial charge in [0, 0.05) is 16.7 Å². The molecule has 1 N–H and O–H groups in total. The van der Waals surface area contributed by atoms with Crippen molar-refractivity contribution in [1.29, 1.82) is 0 Å².